The summed E-state index contributed by atoms with van der Waals surface area (Å²) >= 11 is 0. The molecule has 0 aromatic carbocycles. The van der Waals surface area contributed by atoms with Gasteiger partial charge in [0.05, 0.1) is 12.2 Å². The number of unbranched alkanes of at least 4 members (excludes halogenated alkanes) is 10. The van der Waals surface area contributed by atoms with Crippen LogP contribution in [-0.4, -0.2) is 28.4 Å². The van der Waals surface area contributed by atoms with Crippen molar-refractivity contribution in [1.82, 2.24) is 0 Å². The van der Waals surface area contributed by atoms with Crippen LogP contribution in [-0.2, 0) is 4.79 Å². The van der Waals surface area contributed by atoms with Crippen LogP contribution in [0.1, 0.15) is 110 Å². The number of carbonyl (C=O) groups excluding carboxylic acids is 1. The van der Waals surface area contributed by atoms with Gasteiger partial charge in [-0.15, -0.1) is 0 Å². The van der Waals surface area contributed by atoms with Gasteiger partial charge in [-0.1, -0.05) is 131 Å². The number of carbonyl (C=O) groups is 1. The van der Waals surface area contributed by atoms with Gasteiger partial charge < -0.3 is 20.1 Å². The van der Waals surface area contributed by atoms with E-state index in [1.165, 1.54) is 44.9 Å². The predicted molar refractivity (Wildman–Crippen MR) is 151 cm³/mol. The van der Waals surface area contributed by atoms with Crippen LogP contribution in [0.5, 0.6) is 0 Å². The standard InChI is InChI=1S/C32H52O4.Na/c1-2-3-20-25-30(33)27-22-18-19-23-28-31(34)26-21-16-14-12-10-8-6-4-5-7-9-11-13-15-17-24-29-32(35)36;/h3,10,12,16,18-23,27-28,30-31,33-34H,2,4-9,11,13-15,17,24-26,29H2,1H3,(H,35,36);/q;+1/p-1/b12-10-,19-18+,20-3-,21-16-,27-22-,28-23+;/t30-,31+;/m0./s1. The molecule has 0 saturated carbocycles. The molecule has 0 fully saturated rings. The molecule has 4 nitrogen and oxygen atoms in total. The van der Waals surface area contributed by atoms with E-state index in [1.807, 2.05) is 42.5 Å². The van der Waals surface area contributed by atoms with E-state index >= 15 is 0 Å². The molecule has 37 heavy (non-hydrogen) atoms. The molecule has 0 aliphatic carbocycles. The summed E-state index contributed by atoms with van der Waals surface area (Å²) in [5.41, 5.74) is 0. The van der Waals surface area contributed by atoms with Gasteiger partial charge in [-0.2, -0.15) is 0 Å². The minimum absolute atomic E-state index is 0. The molecule has 0 bridgehead atoms. The van der Waals surface area contributed by atoms with Crippen molar-refractivity contribution in [3.05, 3.63) is 72.9 Å². The van der Waals surface area contributed by atoms with E-state index in [9.17, 15) is 20.1 Å². The number of carboxylic acid groups (broad SMARTS) is 1. The third-order valence-electron chi connectivity index (χ3n) is 5.76. The molecule has 2 atom stereocenters. The molecule has 0 aromatic heterocycles. The molecule has 0 saturated heterocycles. The SMILES string of the molecule is CC/C=C\C[C@H](O)\C=C/C=C/C=C/[C@H](O)C/C=C\C/C=C\CCCCCCCCCCCCC(=O)[O-].[Na+]. The molecule has 0 spiro atoms. The minimum Gasteiger partial charge on any atom is -0.550 e. The fourth-order valence-electron chi connectivity index (χ4n) is 3.64. The number of aliphatic hydroxyl groups excluding tert-OH is 2. The smallest absolute Gasteiger partial charge is 0.550 e. The number of aliphatic hydroxyl groups is 2. The second kappa shape index (κ2) is 31.1. The van der Waals surface area contributed by atoms with Gasteiger partial charge in [0.2, 0.25) is 0 Å². The quantitative estimate of drug-likeness (QED) is 0.0867. The summed E-state index contributed by atoms with van der Waals surface area (Å²) in [5.74, 6) is -0.928. The van der Waals surface area contributed by atoms with E-state index in [0.29, 0.717) is 12.8 Å². The molecule has 0 aromatic rings. The Morgan fingerprint density at radius 2 is 1.11 bits per heavy atom. The monoisotopic (exact) mass is 522 g/mol. The van der Waals surface area contributed by atoms with Crippen molar-refractivity contribution >= 4 is 5.97 Å². The molecule has 0 unspecified atom stereocenters. The predicted octanol–water partition coefficient (Wildman–Crippen LogP) is 4.06. The zero-order valence-electron chi connectivity index (χ0n) is 23.6. The number of carboxylic acids is 1. The van der Waals surface area contributed by atoms with Crippen molar-refractivity contribution in [2.24, 2.45) is 0 Å². The molecule has 0 aliphatic rings. The molecular formula is C32H51NaO4. The van der Waals surface area contributed by atoms with Gasteiger partial charge in [0.1, 0.15) is 0 Å². The molecule has 5 heteroatoms. The van der Waals surface area contributed by atoms with Gasteiger partial charge in [0.15, 0.2) is 0 Å². The Balaban J connectivity index is 0. The number of hydrogen-bond acceptors (Lipinski definition) is 4. The zero-order valence-corrected chi connectivity index (χ0v) is 25.6. The van der Waals surface area contributed by atoms with Crippen LogP contribution >= 0.6 is 0 Å². The Kier molecular flexibility index (Phi) is 31.9. The molecule has 0 rings (SSSR count). The molecule has 0 heterocycles. The van der Waals surface area contributed by atoms with Crippen LogP contribution in [0.15, 0.2) is 72.9 Å². The van der Waals surface area contributed by atoms with E-state index in [1.54, 1.807) is 12.2 Å². The molecule has 0 radical (unpaired) electrons. The number of allylic oxidation sites excluding steroid dienone is 8. The van der Waals surface area contributed by atoms with Crippen LogP contribution in [0.3, 0.4) is 0 Å². The fourth-order valence-corrected chi connectivity index (χ4v) is 3.64. The van der Waals surface area contributed by atoms with Crippen LogP contribution in [0.2, 0.25) is 0 Å². The summed E-state index contributed by atoms with van der Waals surface area (Å²) in [6, 6.07) is 0. The molecule has 2 N–H and O–H groups in total. The second-order valence-corrected chi connectivity index (χ2v) is 9.27. The van der Waals surface area contributed by atoms with Gasteiger partial charge >= 0.3 is 29.6 Å². The van der Waals surface area contributed by atoms with Crippen LogP contribution < -0.4 is 34.7 Å². The molecular weight excluding hydrogens is 471 g/mol. The van der Waals surface area contributed by atoms with E-state index in [4.69, 9.17) is 0 Å². The maximum absolute atomic E-state index is 10.3. The number of aliphatic carboxylic acids is 1. The first kappa shape index (κ1) is 38.0. The van der Waals surface area contributed by atoms with Gasteiger partial charge in [-0.05, 0) is 51.4 Å². The molecule has 0 amide bonds. The maximum atomic E-state index is 10.3. The minimum atomic E-state index is -0.928. The zero-order chi connectivity index (χ0) is 26.5. The van der Waals surface area contributed by atoms with Gasteiger partial charge in [0.25, 0.3) is 0 Å². The van der Waals surface area contributed by atoms with E-state index in [0.717, 1.165) is 38.5 Å². The van der Waals surface area contributed by atoms with Crippen molar-refractivity contribution < 1.29 is 49.7 Å². The van der Waals surface area contributed by atoms with Crippen molar-refractivity contribution in [3.8, 4) is 0 Å². The van der Waals surface area contributed by atoms with Crippen molar-refractivity contribution in [2.45, 2.75) is 122 Å². The fraction of sp³-hybridized carbons (Fsp3) is 0.594. The van der Waals surface area contributed by atoms with Crippen LogP contribution in [0.4, 0.5) is 0 Å². The summed E-state index contributed by atoms with van der Waals surface area (Å²) in [6.07, 6.45) is 38.8. The van der Waals surface area contributed by atoms with Crippen molar-refractivity contribution in [3.63, 3.8) is 0 Å². The summed E-state index contributed by atoms with van der Waals surface area (Å²) in [6.45, 7) is 2.07. The molecule has 0 aliphatic heterocycles. The third-order valence-corrected chi connectivity index (χ3v) is 5.76. The van der Waals surface area contributed by atoms with Crippen molar-refractivity contribution in [2.75, 3.05) is 0 Å². The normalized spacial score (nSPS) is 14.1. The second-order valence-electron chi connectivity index (χ2n) is 9.27. The Labute approximate surface area is 249 Å². The van der Waals surface area contributed by atoms with E-state index in [2.05, 4.69) is 25.2 Å². The topological polar surface area (TPSA) is 80.6 Å². The van der Waals surface area contributed by atoms with Crippen LogP contribution in [0.25, 0.3) is 0 Å². The maximum Gasteiger partial charge on any atom is 1.00 e. The van der Waals surface area contributed by atoms with E-state index in [-0.39, 0.29) is 36.0 Å². The van der Waals surface area contributed by atoms with Gasteiger partial charge in [-0.3, -0.25) is 0 Å². The first-order valence-electron chi connectivity index (χ1n) is 14.1. The van der Waals surface area contributed by atoms with Crippen molar-refractivity contribution in [1.29, 1.82) is 0 Å². The first-order valence-corrected chi connectivity index (χ1v) is 14.1. The Bertz CT molecular complexity index is 676. The Morgan fingerprint density at radius 1 is 0.649 bits per heavy atom. The van der Waals surface area contributed by atoms with Gasteiger partial charge in [-0.25, -0.2) is 0 Å². The Hall–Kier alpha value is -1.17. The van der Waals surface area contributed by atoms with Crippen LogP contribution in [0, 0.1) is 0 Å². The summed E-state index contributed by atoms with van der Waals surface area (Å²) in [5, 5.41) is 30.1. The number of hydrogen-bond donors (Lipinski definition) is 2. The summed E-state index contributed by atoms with van der Waals surface area (Å²) < 4.78 is 0. The average Bonchev–Trinajstić information content (AvgIpc) is 2.85. The largest absolute Gasteiger partial charge is 1.00 e. The average molecular weight is 523 g/mol. The summed E-state index contributed by atoms with van der Waals surface area (Å²) in [4.78, 5) is 10.3. The first-order chi connectivity index (χ1) is 17.6. The number of rotatable bonds is 24. The molecule has 204 valence electrons. The van der Waals surface area contributed by atoms with Gasteiger partial charge in [0, 0.05) is 5.97 Å². The summed E-state index contributed by atoms with van der Waals surface area (Å²) in [7, 11) is 0. The third kappa shape index (κ3) is 32.8. The Morgan fingerprint density at radius 3 is 1.62 bits per heavy atom. The van der Waals surface area contributed by atoms with E-state index < -0.39 is 18.2 Å².